The molecule has 4 nitrogen and oxygen atoms in total. The van der Waals surface area contributed by atoms with Crippen LogP contribution >= 0.6 is 0 Å². The predicted octanol–water partition coefficient (Wildman–Crippen LogP) is 2.35. The molecule has 3 atom stereocenters. The van der Waals surface area contributed by atoms with Crippen molar-refractivity contribution in [1.29, 1.82) is 0 Å². The number of benzene rings is 1. The van der Waals surface area contributed by atoms with Crippen LogP contribution < -0.4 is 10.6 Å². The zero-order valence-corrected chi connectivity index (χ0v) is 11.9. The maximum Gasteiger partial charge on any atom is 0.251 e. The molecule has 0 aromatic heterocycles. The Hall–Kier alpha value is -1.84. The van der Waals surface area contributed by atoms with Crippen LogP contribution in [0.2, 0.25) is 0 Å². The van der Waals surface area contributed by atoms with E-state index >= 15 is 0 Å². The molecular weight excluding hydrogens is 252 g/mol. The molecule has 3 unspecified atom stereocenters. The van der Waals surface area contributed by atoms with Crippen molar-refractivity contribution in [2.45, 2.75) is 39.2 Å². The van der Waals surface area contributed by atoms with Gasteiger partial charge in [-0.2, -0.15) is 0 Å². The Morgan fingerprint density at radius 3 is 2.80 bits per heavy atom. The van der Waals surface area contributed by atoms with Crippen molar-refractivity contribution < 1.29 is 9.59 Å². The molecule has 1 heterocycles. The van der Waals surface area contributed by atoms with E-state index in [0.29, 0.717) is 23.8 Å². The Bertz CT molecular complexity index is 568. The lowest BCUT2D eigenvalue weighted by Gasteiger charge is -2.19. The number of amides is 2. The molecule has 1 saturated carbocycles. The van der Waals surface area contributed by atoms with Crippen LogP contribution in [0.15, 0.2) is 18.2 Å². The first kappa shape index (κ1) is 13.2. The molecule has 2 aliphatic rings. The Morgan fingerprint density at radius 1 is 1.30 bits per heavy atom. The molecule has 1 aliphatic heterocycles. The summed E-state index contributed by atoms with van der Waals surface area (Å²) in [6.45, 7) is 4.44. The highest BCUT2D eigenvalue weighted by Gasteiger charge is 2.31. The van der Waals surface area contributed by atoms with Crippen molar-refractivity contribution in [3.8, 4) is 0 Å². The molecule has 20 heavy (non-hydrogen) atoms. The van der Waals surface area contributed by atoms with Gasteiger partial charge in [0.05, 0.1) is 6.42 Å². The van der Waals surface area contributed by atoms with Crippen molar-refractivity contribution in [3.63, 3.8) is 0 Å². The number of anilines is 1. The van der Waals surface area contributed by atoms with Crippen LogP contribution in [0.5, 0.6) is 0 Å². The van der Waals surface area contributed by atoms with Crippen molar-refractivity contribution in [2.24, 2.45) is 11.8 Å². The van der Waals surface area contributed by atoms with Crippen LogP contribution in [0, 0.1) is 11.8 Å². The van der Waals surface area contributed by atoms with Crippen LogP contribution in [0.25, 0.3) is 0 Å². The van der Waals surface area contributed by atoms with Crippen molar-refractivity contribution >= 4 is 17.5 Å². The fraction of sp³-hybridized carbons (Fsp3) is 0.500. The van der Waals surface area contributed by atoms with E-state index in [2.05, 4.69) is 24.5 Å². The summed E-state index contributed by atoms with van der Waals surface area (Å²) in [6, 6.07) is 5.69. The van der Waals surface area contributed by atoms with Crippen LogP contribution in [-0.2, 0) is 11.2 Å². The van der Waals surface area contributed by atoms with Crippen molar-refractivity contribution in [3.05, 3.63) is 29.3 Å². The largest absolute Gasteiger partial charge is 0.349 e. The highest BCUT2D eigenvalue weighted by Crippen LogP contribution is 2.31. The Labute approximate surface area is 118 Å². The quantitative estimate of drug-likeness (QED) is 0.868. The Morgan fingerprint density at radius 2 is 2.10 bits per heavy atom. The average molecular weight is 272 g/mol. The Kier molecular flexibility index (Phi) is 3.24. The van der Waals surface area contributed by atoms with Crippen LogP contribution in [0.4, 0.5) is 5.69 Å². The fourth-order valence-corrected chi connectivity index (χ4v) is 3.19. The maximum absolute atomic E-state index is 12.3. The molecule has 2 amide bonds. The molecule has 0 bridgehead atoms. The highest BCUT2D eigenvalue weighted by atomic mass is 16.2. The van der Waals surface area contributed by atoms with Gasteiger partial charge in [-0.3, -0.25) is 9.59 Å². The molecule has 106 valence electrons. The monoisotopic (exact) mass is 272 g/mol. The number of hydrogen-bond donors (Lipinski definition) is 2. The summed E-state index contributed by atoms with van der Waals surface area (Å²) in [5.41, 5.74) is 2.39. The second kappa shape index (κ2) is 4.93. The van der Waals surface area contributed by atoms with Gasteiger partial charge in [-0.15, -0.1) is 0 Å². The van der Waals surface area contributed by atoms with E-state index in [1.165, 1.54) is 6.42 Å². The molecule has 1 aromatic carbocycles. The van der Waals surface area contributed by atoms with E-state index in [-0.39, 0.29) is 17.9 Å². The van der Waals surface area contributed by atoms with Gasteiger partial charge in [0, 0.05) is 17.3 Å². The van der Waals surface area contributed by atoms with Gasteiger partial charge in [0.2, 0.25) is 5.91 Å². The third-order valence-corrected chi connectivity index (χ3v) is 4.77. The zero-order valence-electron chi connectivity index (χ0n) is 11.9. The molecule has 1 fully saturated rings. The minimum Gasteiger partial charge on any atom is -0.349 e. The van der Waals surface area contributed by atoms with Gasteiger partial charge in [0.25, 0.3) is 5.91 Å². The predicted molar refractivity (Wildman–Crippen MR) is 77.6 cm³/mol. The van der Waals surface area contributed by atoms with Gasteiger partial charge in [0.15, 0.2) is 0 Å². The van der Waals surface area contributed by atoms with Gasteiger partial charge < -0.3 is 10.6 Å². The van der Waals surface area contributed by atoms with Gasteiger partial charge >= 0.3 is 0 Å². The molecule has 2 N–H and O–H groups in total. The number of carbonyl (C=O) groups excluding carboxylic acids is 2. The molecule has 0 saturated heterocycles. The second-order valence-electron chi connectivity index (χ2n) is 6.09. The lowest BCUT2D eigenvalue weighted by Crippen LogP contribution is -2.37. The van der Waals surface area contributed by atoms with E-state index in [0.717, 1.165) is 17.7 Å². The summed E-state index contributed by atoms with van der Waals surface area (Å²) >= 11 is 0. The maximum atomic E-state index is 12.3. The van der Waals surface area contributed by atoms with Gasteiger partial charge in [-0.1, -0.05) is 13.8 Å². The third-order valence-electron chi connectivity index (χ3n) is 4.77. The molecule has 4 heteroatoms. The summed E-state index contributed by atoms with van der Waals surface area (Å²) < 4.78 is 0. The van der Waals surface area contributed by atoms with Crippen molar-refractivity contribution in [1.82, 2.24) is 5.32 Å². The molecule has 0 spiro atoms. The summed E-state index contributed by atoms with van der Waals surface area (Å²) in [4.78, 5) is 23.6. The van der Waals surface area contributed by atoms with Crippen LogP contribution in [0.1, 0.15) is 42.6 Å². The number of carbonyl (C=O) groups is 2. The first-order valence-electron chi connectivity index (χ1n) is 7.28. The summed E-state index contributed by atoms with van der Waals surface area (Å²) in [5, 5.41) is 5.91. The molecular formula is C16H20N2O2. The molecule has 1 aliphatic carbocycles. The lowest BCUT2D eigenvalue weighted by molar-refractivity contribution is -0.115. The average Bonchev–Trinajstić information content (AvgIpc) is 2.93. The van der Waals surface area contributed by atoms with Gasteiger partial charge in [0.1, 0.15) is 0 Å². The van der Waals surface area contributed by atoms with E-state index < -0.39 is 0 Å². The SMILES string of the molecule is CC1CCC(NC(=O)c2ccc3c(c2)CC(=O)N3)C1C. The number of hydrogen-bond acceptors (Lipinski definition) is 2. The van der Waals surface area contributed by atoms with Crippen LogP contribution in [0.3, 0.4) is 0 Å². The zero-order chi connectivity index (χ0) is 14.3. The Balaban J connectivity index is 1.72. The summed E-state index contributed by atoms with van der Waals surface area (Å²) in [5.74, 6) is 1.16. The minimum atomic E-state index is -0.0295. The molecule has 1 aromatic rings. The second-order valence-corrected chi connectivity index (χ2v) is 6.09. The first-order chi connectivity index (χ1) is 9.54. The highest BCUT2D eigenvalue weighted by molar-refractivity contribution is 6.01. The van der Waals surface area contributed by atoms with E-state index in [1.54, 1.807) is 6.07 Å². The van der Waals surface area contributed by atoms with Gasteiger partial charge in [-0.25, -0.2) is 0 Å². The number of nitrogens with one attached hydrogen (secondary N) is 2. The number of rotatable bonds is 2. The molecule has 3 rings (SSSR count). The summed E-state index contributed by atoms with van der Waals surface area (Å²) in [6.07, 6.45) is 2.60. The minimum absolute atomic E-state index is 0.00389. The normalized spacial score (nSPS) is 28.1. The van der Waals surface area contributed by atoms with Crippen molar-refractivity contribution in [2.75, 3.05) is 5.32 Å². The third kappa shape index (κ3) is 2.30. The summed E-state index contributed by atoms with van der Waals surface area (Å²) in [7, 11) is 0. The topological polar surface area (TPSA) is 58.2 Å². The lowest BCUT2D eigenvalue weighted by atomic mass is 9.97. The smallest absolute Gasteiger partial charge is 0.251 e. The van der Waals surface area contributed by atoms with Gasteiger partial charge in [-0.05, 0) is 48.4 Å². The number of fused-ring (bicyclic) bond motifs is 1. The first-order valence-corrected chi connectivity index (χ1v) is 7.28. The van der Waals surface area contributed by atoms with E-state index in [9.17, 15) is 9.59 Å². The van der Waals surface area contributed by atoms with E-state index in [4.69, 9.17) is 0 Å². The van der Waals surface area contributed by atoms with E-state index in [1.807, 2.05) is 12.1 Å². The standard InChI is InChI=1S/C16H20N2O2/c1-9-3-5-13(10(9)2)18-16(20)11-4-6-14-12(7-11)8-15(19)17-14/h4,6-7,9-10,13H,3,5,8H2,1-2H3,(H,17,19)(H,18,20). The van der Waals surface area contributed by atoms with Crippen LogP contribution in [-0.4, -0.2) is 17.9 Å². The fourth-order valence-electron chi connectivity index (χ4n) is 3.19. The molecule has 0 radical (unpaired) electrons.